The van der Waals surface area contributed by atoms with Gasteiger partial charge in [-0.1, -0.05) is 0 Å². The second kappa shape index (κ2) is 11.0. The van der Waals surface area contributed by atoms with E-state index in [2.05, 4.69) is 19.4 Å². The van der Waals surface area contributed by atoms with Gasteiger partial charge in [-0.05, 0) is 0 Å². The fourth-order valence-corrected chi connectivity index (χ4v) is 0.957. The minimum atomic E-state index is -0.724. The quantitative estimate of drug-likeness (QED) is 0.433. The molecule has 10 nitrogen and oxygen atoms in total. The molecule has 0 heterocycles. The second-order valence-corrected chi connectivity index (χ2v) is 3.44. The van der Waals surface area contributed by atoms with Crippen LogP contribution in [0.4, 0.5) is 0 Å². The molecule has 0 aliphatic heterocycles. The van der Waals surface area contributed by atoms with Crippen LogP contribution >= 0.6 is 0 Å². The van der Waals surface area contributed by atoms with Crippen LogP contribution in [-0.2, 0) is 38.5 Å². The van der Waals surface area contributed by atoms with Gasteiger partial charge in [0, 0.05) is 55.5 Å². The Morgan fingerprint density at radius 2 is 0.810 bits per heavy atom. The molecule has 0 aromatic heterocycles. The lowest BCUT2D eigenvalue weighted by Gasteiger charge is -2.22. The van der Waals surface area contributed by atoms with Crippen LogP contribution in [0.5, 0.6) is 0 Å². The minimum absolute atomic E-state index is 0. The maximum absolute atomic E-state index is 10.8. The first-order chi connectivity index (χ1) is 9.20. The van der Waals surface area contributed by atoms with Gasteiger partial charge in [0.25, 0.3) is 0 Å². The molecule has 0 aliphatic carbocycles. The van der Waals surface area contributed by atoms with E-state index in [1.807, 2.05) is 0 Å². The highest BCUT2D eigenvalue weighted by Crippen LogP contribution is 1.99. The zero-order chi connectivity index (χ0) is 15.7. The summed E-state index contributed by atoms with van der Waals surface area (Å²) in [6, 6.07) is 0. The van der Waals surface area contributed by atoms with Crippen molar-refractivity contribution in [2.24, 2.45) is 0 Å². The van der Waals surface area contributed by atoms with E-state index in [1.54, 1.807) is 0 Å². The van der Waals surface area contributed by atoms with Gasteiger partial charge in [-0.15, -0.1) is 0 Å². The summed E-state index contributed by atoms with van der Waals surface area (Å²) >= 11 is 0. The third-order valence-corrected chi connectivity index (χ3v) is 1.39. The van der Waals surface area contributed by atoms with Crippen LogP contribution in [0.2, 0.25) is 0 Å². The fraction of sp³-hybridized carbons (Fsp3) is 0.600. The largest absolute Gasteiger partial charge is 0.333 e. The van der Waals surface area contributed by atoms with Crippen LogP contribution in [0.15, 0.2) is 0 Å². The predicted octanol–water partition coefficient (Wildman–Crippen LogP) is -0.878. The highest BCUT2D eigenvalue weighted by atomic mass is 27.0. The molecular formula is C10H16AlN2O8. The third kappa shape index (κ3) is 13.1. The second-order valence-electron chi connectivity index (χ2n) is 3.44. The van der Waals surface area contributed by atoms with Crippen molar-refractivity contribution in [2.75, 3.05) is 13.1 Å². The Bertz CT molecular complexity index is 321. The van der Waals surface area contributed by atoms with Gasteiger partial charge in [-0.3, -0.25) is 19.2 Å². The Kier molecular flexibility index (Phi) is 11.4. The summed E-state index contributed by atoms with van der Waals surface area (Å²) in [6.45, 7) is 3.97. The van der Waals surface area contributed by atoms with Crippen molar-refractivity contribution >= 4 is 41.2 Å². The molecule has 117 valence electrons. The summed E-state index contributed by atoms with van der Waals surface area (Å²) in [6.07, 6.45) is 0. The molecule has 0 bridgehead atoms. The van der Waals surface area contributed by atoms with E-state index in [9.17, 15) is 19.2 Å². The van der Waals surface area contributed by atoms with Gasteiger partial charge < -0.3 is 19.4 Å². The number of nitrogens with zero attached hydrogens (tertiary/aromatic N) is 2. The zero-order valence-electron chi connectivity index (χ0n) is 12.2. The molecule has 0 aromatic carbocycles. The summed E-state index contributed by atoms with van der Waals surface area (Å²) in [5.41, 5.74) is 0. The maximum atomic E-state index is 10.8. The number of hydroxylamine groups is 4. The minimum Gasteiger partial charge on any atom is -0.333 e. The highest BCUT2D eigenvalue weighted by Gasteiger charge is 2.18. The van der Waals surface area contributed by atoms with E-state index in [-0.39, 0.29) is 30.5 Å². The molecule has 21 heavy (non-hydrogen) atoms. The van der Waals surface area contributed by atoms with Gasteiger partial charge in [-0.25, -0.2) is 0 Å². The van der Waals surface area contributed by atoms with Gasteiger partial charge in [0.2, 0.25) is 0 Å². The molecule has 0 saturated carbocycles. The van der Waals surface area contributed by atoms with Gasteiger partial charge in [0.15, 0.2) is 0 Å². The van der Waals surface area contributed by atoms with E-state index in [1.165, 1.54) is 0 Å². The van der Waals surface area contributed by atoms with Crippen LogP contribution < -0.4 is 0 Å². The summed E-state index contributed by atoms with van der Waals surface area (Å²) < 4.78 is 0. The monoisotopic (exact) mass is 319 g/mol. The first kappa shape index (κ1) is 21.6. The maximum Gasteiger partial charge on any atom is 0.326 e. The van der Waals surface area contributed by atoms with Crippen molar-refractivity contribution in [1.29, 1.82) is 0 Å². The number of carbonyl (C=O) groups excluding carboxylic acids is 4. The summed E-state index contributed by atoms with van der Waals surface area (Å²) in [4.78, 5) is 61.4. The van der Waals surface area contributed by atoms with Crippen molar-refractivity contribution in [2.45, 2.75) is 27.7 Å². The average Bonchev–Trinajstić information content (AvgIpc) is 2.22. The van der Waals surface area contributed by atoms with Crippen LogP contribution in [0.25, 0.3) is 0 Å². The molecule has 11 heteroatoms. The fourth-order valence-electron chi connectivity index (χ4n) is 0.957. The molecule has 0 aliphatic rings. The first-order valence-corrected chi connectivity index (χ1v) is 5.50. The standard InChI is InChI=1S/C10H16N2O8.Al/c1-7(13)17-11(18-8(2)14)5-6-12(19-9(3)15)20-10(4)16;/h5-6H2,1-4H3;. The lowest BCUT2D eigenvalue weighted by Crippen LogP contribution is -2.38. The Morgan fingerprint density at radius 3 is 0.952 bits per heavy atom. The molecule has 0 unspecified atom stereocenters. The highest BCUT2D eigenvalue weighted by molar-refractivity contribution is 5.75. The molecule has 3 radical (unpaired) electrons. The van der Waals surface area contributed by atoms with Gasteiger partial charge in [0.05, 0.1) is 13.1 Å². The Morgan fingerprint density at radius 1 is 0.619 bits per heavy atom. The van der Waals surface area contributed by atoms with E-state index in [0.29, 0.717) is 10.5 Å². The van der Waals surface area contributed by atoms with Crippen molar-refractivity contribution in [1.82, 2.24) is 10.5 Å². The average molecular weight is 319 g/mol. The van der Waals surface area contributed by atoms with Crippen LogP contribution in [-0.4, -0.2) is 64.8 Å². The van der Waals surface area contributed by atoms with Crippen molar-refractivity contribution < 1.29 is 38.5 Å². The van der Waals surface area contributed by atoms with E-state index in [4.69, 9.17) is 0 Å². The number of carbonyl (C=O) groups is 4. The Labute approximate surface area is 131 Å². The molecule has 0 amide bonds. The normalized spacial score (nSPS) is 9.62. The van der Waals surface area contributed by atoms with E-state index >= 15 is 0 Å². The molecule has 0 rings (SSSR count). The van der Waals surface area contributed by atoms with Crippen molar-refractivity contribution in [3.05, 3.63) is 0 Å². The van der Waals surface area contributed by atoms with Crippen molar-refractivity contribution in [3.8, 4) is 0 Å². The van der Waals surface area contributed by atoms with Gasteiger partial charge in [-0.2, -0.15) is 0 Å². The molecule has 0 spiro atoms. The summed E-state index contributed by atoms with van der Waals surface area (Å²) in [7, 11) is 0. The van der Waals surface area contributed by atoms with Crippen LogP contribution in [0.3, 0.4) is 0 Å². The third-order valence-electron chi connectivity index (χ3n) is 1.39. The molecule has 0 saturated heterocycles. The Balaban J connectivity index is 0. The molecular weight excluding hydrogens is 303 g/mol. The van der Waals surface area contributed by atoms with E-state index < -0.39 is 23.9 Å². The predicted molar refractivity (Wildman–Crippen MR) is 66.2 cm³/mol. The lowest BCUT2D eigenvalue weighted by atomic mass is 10.7. The topological polar surface area (TPSA) is 112 Å². The SMILES string of the molecule is CC(=O)ON(CCN(OC(C)=O)OC(C)=O)OC(C)=O.[Al]. The lowest BCUT2D eigenvalue weighted by molar-refractivity contribution is -0.354. The molecule has 0 N–H and O–H groups in total. The first-order valence-electron chi connectivity index (χ1n) is 5.50. The van der Waals surface area contributed by atoms with E-state index in [0.717, 1.165) is 27.7 Å². The van der Waals surface area contributed by atoms with Crippen molar-refractivity contribution in [3.63, 3.8) is 0 Å². The number of hydrogen-bond donors (Lipinski definition) is 0. The van der Waals surface area contributed by atoms with Crippen LogP contribution in [0, 0.1) is 0 Å². The van der Waals surface area contributed by atoms with Crippen LogP contribution in [0.1, 0.15) is 27.7 Å². The molecule has 0 aromatic rings. The summed E-state index contributed by atoms with van der Waals surface area (Å²) in [5, 5.41) is 1.15. The Hall–Kier alpha value is -1.67. The zero-order valence-corrected chi connectivity index (χ0v) is 13.3. The van der Waals surface area contributed by atoms with Gasteiger partial charge >= 0.3 is 23.9 Å². The number of hydrogen-bond acceptors (Lipinski definition) is 10. The van der Waals surface area contributed by atoms with Gasteiger partial charge in [0.1, 0.15) is 0 Å². The molecule has 0 fully saturated rings. The smallest absolute Gasteiger partial charge is 0.326 e. The molecule has 0 atom stereocenters. The number of rotatable bonds is 7. The summed E-state index contributed by atoms with van der Waals surface area (Å²) in [5.74, 6) is -2.90.